The summed E-state index contributed by atoms with van der Waals surface area (Å²) in [5, 5.41) is 0. The number of esters is 1. The molecule has 0 bridgehead atoms. The third-order valence-corrected chi connectivity index (χ3v) is 8.01. The first-order chi connectivity index (χ1) is 17.5. The van der Waals surface area contributed by atoms with E-state index in [0.717, 1.165) is 17.4 Å². The molecule has 0 amide bonds. The van der Waals surface area contributed by atoms with Gasteiger partial charge in [-0.25, -0.2) is 0 Å². The number of rotatable bonds is 26. The Kier molecular flexibility index (Phi) is 22.1. The van der Waals surface area contributed by atoms with Gasteiger partial charge in [-0.15, -0.1) is 0 Å². The van der Waals surface area contributed by atoms with Crippen LogP contribution in [0.4, 0.5) is 0 Å². The molecule has 0 aliphatic heterocycles. The smallest absolute Gasteiger partial charge is 0.328 e. The molecule has 0 aliphatic carbocycles. The van der Waals surface area contributed by atoms with E-state index in [1.54, 1.807) is 6.92 Å². The van der Waals surface area contributed by atoms with Crippen LogP contribution in [-0.4, -0.2) is 75.1 Å². The molecule has 7 nitrogen and oxygen atoms in total. The van der Waals surface area contributed by atoms with Crippen molar-refractivity contribution < 1.29 is 32.7 Å². The van der Waals surface area contributed by atoms with Crippen LogP contribution in [0, 0.1) is 5.92 Å². The van der Waals surface area contributed by atoms with Gasteiger partial charge in [0.15, 0.2) is 0 Å². The number of unbranched alkanes of at least 4 members (excludes halogenated alkanes) is 11. The molecule has 0 heterocycles. The fourth-order valence-electron chi connectivity index (χ4n) is 4.21. The second-order valence-electron chi connectivity index (χ2n) is 11.8. The maximum absolute atomic E-state index is 12.4. The van der Waals surface area contributed by atoms with Gasteiger partial charge in [-0.2, -0.15) is 0 Å². The maximum atomic E-state index is 12.4. The first-order valence-electron chi connectivity index (χ1n) is 15.0. The Labute approximate surface area is 229 Å². The molecule has 8 heteroatoms. The van der Waals surface area contributed by atoms with Crippen LogP contribution in [0.15, 0.2) is 0 Å². The van der Waals surface area contributed by atoms with Crippen molar-refractivity contribution in [3.05, 3.63) is 0 Å². The molecule has 1 N–H and O–H groups in total. The molecule has 0 rings (SSSR count). The highest BCUT2D eigenvalue weighted by Crippen LogP contribution is 2.42. The molecule has 3 atom stereocenters. The largest absolute Gasteiger partial charge is 0.457 e. The fourth-order valence-corrected chi connectivity index (χ4v) is 5.28. The Morgan fingerprint density at radius 1 is 0.811 bits per heavy atom. The van der Waals surface area contributed by atoms with Gasteiger partial charge in [0.05, 0.1) is 47.1 Å². The molecule has 0 fully saturated rings. The van der Waals surface area contributed by atoms with E-state index in [1.165, 1.54) is 77.0 Å². The minimum absolute atomic E-state index is 0.0912. The van der Waals surface area contributed by atoms with Crippen molar-refractivity contribution in [3.63, 3.8) is 0 Å². The van der Waals surface area contributed by atoms with Crippen LogP contribution in [-0.2, 0) is 23.4 Å². The zero-order valence-corrected chi connectivity index (χ0v) is 26.1. The summed E-state index contributed by atoms with van der Waals surface area (Å²) in [6, 6.07) is 0. The topological polar surface area (TPSA) is 82.1 Å². The molecule has 0 aromatic carbocycles. The zero-order chi connectivity index (χ0) is 28.0. The summed E-state index contributed by atoms with van der Waals surface area (Å²) in [6.07, 6.45) is 17.5. The highest BCUT2D eigenvalue weighted by Gasteiger charge is 2.24. The number of carbonyl (C=O) groups is 1. The van der Waals surface area contributed by atoms with Crippen LogP contribution in [0.25, 0.3) is 0 Å². The average Bonchev–Trinajstić information content (AvgIpc) is 2.82. The van der Waals surface area contributed by atoms with Gasteiger partial charge in [0.2, 0.25) is 0 Å². The molecule has 0 aromatic rings. The SMILES string of the molecule is CCCCCCCCCCCCCCC(C)COCC(COP(=O)(O)CCC[N+](C)(C)C)OC(=O)CC. The summed E-state index contributed by atoms with van der Waals surface area (Å²) in [5.41, 5.74) is 0. The van der Waals surface area contributed by atoms with Crippen molar-refractivity contribution in [2.24, 2.45) is 5.92 Å². The highest BCUT2D eigenvalue weighted by atomic mass is 31.2. The van der Waals surface area contributed by atoms with Crippen molar-refractivity contribution in [2.75, 3.05) is 53.7 Å². The lowest BCUT2D eigenvalue weighted by atomic mass is 10.0. The number of hydrogen-bond donors (Lipinski definition) is 1. The first-order valence-corrected chi connectivity index (χ1v) is 16.8. The van der Waals surface area contributed by atoms with Gasteiger partial charge in [0.25, 0.3) is 0 Å². The van der Waals surface area contributed by atoms with Crippen molar-refractivity contribution >= 4 is 13.6 Å². The molecule has 222 valence electrons. The second kappa shape index (κ2) is 22.4. The summed E-state index contributed by atoms with van der Waals surface area (Å²) >= 11 is 0. The lowest BCUT2D eigenvalue weighted by Gasteiger charge is -2.24. The number of carbonyl (C=O) groups excluding carboxylic acids is 1. The van der Waals surface area contributed by atoms with Gasteiger partial charge in [-0.05, 0) is 12.3 Å². The lowest BCUT2D eigenvalue weighted by molar-refractivity contribution is -0.870. The van der Waals surface area contributed by atoms with E-state index < -0.39 is 13.7 Å². The molecule has 0 spiro atoms. The standard InChI is InChI=1S/C29H60NO6P/c1-7-9-10-11-12-13-14-15-16-17-18-19-21-27(3)24-34-25-28(36-29(31)8-2)26-35-37(32,33)23-20-22-30(4,5)6/h27-28H,7-26H2,1-6H3/p+1. The number of quaternary nitrogens is 1. The number of nitrogens with zero attached hydrogens (tertiary/aromatic N) is 1. The van der Waals surface area contributed by atoms with Crippen LogP contribution >= 0.6 is 7.60 Å². The molecular formula is C29H61NO6P+. The highest BCUT2D eigenvalue weighted by molar-refractivity contribution is 7.52. The van der Waals surface area contributed by atoms with E-state index in [1.807, 2.05) is 21.1 Å². The maximum Gasteiger partial charge on any atom is 0.328 e. The third kappa shape index (κ3) is 25.6. The summed E-state index contributed by atoms with van der Waals surface area (Å²) in [7, 11) is 2.39. The van der Waals surface area contributed by atoms with Gasteiger partial charge in [0, 0.05) is 19.4 Å². The molecule has 3 unspecified atom stereocenters. The predicted molar refractivity (Wildman–Crippen MR) is 154 cm³/mol. The second-order valence-corrected chi connectivity index (χ2v) is 13.8. The van der Waals surface area contributed by atoms with E-state index in [2.05, 4.69) is 13.8 Å². The van der Waals surface area contributed by atoms with Gasteiger partial charge in [-0.1, -0.05) is 97.8 Å². The van der Waals surface area contributed by atoms with Crippen molar-refractivity contribution in [1.82, 2.24) is 0 Å². The van der Waals surface area contributed by atoms with E-state index in [9.17, 15) is 14.3 Å². The van der Waals surface area contributed by atoms with Crippen molar-refractivity contribution in [3.8, 4) is 0 Å². The van der Waals surface area contributed by atoms with E-state index >= 15 is 0 Å². The van der Waals surface area contributed by atoms with Crippen molar-refractivity contribution in [2.45, 2.75) is 123 Å². The molecule has 0 radical (unpaired) electrons. The Balaban J connectivity index is 4.03. The summed E-state index contributed by atoms with van der Waals surface area (Å²) in [6.45, 7) is 7.57. The van der Waals surface area contributed by atoms with Crippen LogP contribution < -0.4 is 0 Å². The summed E-state index contributed by atoms with van der Waals surface area (Å²) in [5.74, 6) is 0.0607. The average molecular weight is 551 g/mol. The number of ether oxygens (including phenoxy) is 2. The third-order valence-electron chi connectivity index (χ3n) is 6.58. The first kappa shape index (κ1) is 36.5. The van der Waals surface area contributed by atoms with Gasteiger partial charge >= 0.3 is 13.6 Å². The van der Waals surface area contributed by atoms with Gasteiger partial charge in [0.1, 0.15) is 6.10 Å². The van der Waals surface area contributed by atoms with E-state index in [4.69, 9.17) is 14.0 Å². The van der Waals surface area contributed by atoms with Gasteiger partial charge in [-0.3, -0.25) is 9.36 Å². The molecule has 0 aromatic heterocycles. The fraction of sp³-hybridized carbons (Fsp3) is 0.966. The Hall–Kier alpha value is -0.460. The minimum atomic E-state index is -3.73. The molecule has 0 aliphatic rings. The quantitative estimate of drug-likeness (QED) is 0.0525. The summed E-state index contributed by atoms with van der Waals surface area (Å²) in [4.78, 5) is 21.9. The van der Waals surface area contributed by atoms with E-state index in [-0.39, 0.29) is 31.8 Å². The monoisotopic (exact) mass is 550 g/mol. The normalized spacial score (nSPS) is 15.3. The number of hydrogen-bond acceptors (Lipinski definition) is 5. The predicted octanol–water partition coefficient (Wildman–Crippen LogP) is 7.35. The van der Waals surface area contributed by atoms with Crippen molar-refractivity contribution in [1.29, 1.82) is 0 Å². The zero-order valence-electron chi connectivity index (χ0n) is 25.2. The minimum Gasteiger partial charge on any atom is -0.457 e. The van der Waals surface area contributed by atoms with Crippen LogP contribution in [0.3, 0.4) is 0 Å². The Bertz CT molecular complexity index is 595. The van der Waals surface area contributed by atoms with Crippen LogP contribution in [0.5, 0.6) is 0 Å². The lowest BCUT2D eigenvalue weighted by Crippen LogP contribution is -2.35. The Morgan fingerprint density at radius 2 is 1.35 bits per heavy atom. The molecule has 0 saturated heterocycles. The summed E-state index contributed by atoms with van der Waals surface area (Å²) < 4.78 is 29.6. The molecule has 0 saturated carbocycles. The Morgan fingerprint density at radius 3 is 1.86 bits per heavy atom. The van der Waals surface area contributed by atoms with E-state index in [0.29, 0.717) is 18.9 Å². The van der Waals surface area contributed by atoms with Crippen LogP contribution in [0.2, 0.25) is 0 Å². The van der Waals surface area contributed by atoms with Gasteiger partial charge < -0.3 is 23.4 Å². The molecule has 37 heavy (non-hydrogen) atoms. The van der Waals surface area contributed by atoms with Crippen LogP contribution in [0.1, 0.15) is 117 Å². The molecular weight excluding hydrogens is 489 g/mol.